The van der Waals surface area contributed by atoms with Crippen molar-refractivity contribution < 1.29 is 4.79 Å². The Morgan fingerprint density at radius 2 is 2.15 bits per heavy atom. The third-order valence-corrected chi connectivity index (χ3v) is 4.06. The maximum atomic E-state index is 12.6. The summed E-state index contributed by atoms with van der Waals surface area (Å²) in [6, 6.07) is 7.16. The fourth-order valence-corrected chi connectivity index (χ4v) is 2.89. The molecule has 0 spiro atoms. The molecule has 0 saturated carbocycles. The number of nitrogens with one attached hydrogen (secondary N) is 1. The largest absolute Gasteiger partial charge is 0.330 e. The van der Waals surface area contributed by atoms with Crippen LogP contribution in [0.2, 0.25) is 5.02 Å². The minimum absolute atomic E-state index is 0.0539. The van der Waals surface area contributed by atoms with Gasteiger partial charge in [0.15, 0.2) is 0 Å². The van der Waals surface area contributed by atoms with E-state index in [2.05, 4.69) is 10.2 Å². The lowest BCUT2D eigenvalue weighted by atomic mass is 10.1. The quantitative estimate of drug-likeness (QED) is 0.922. The van der Waals surface area contributed by atoms with Crippen LogP contribution in [0, 0.1) is 6.92 Å². The molecule has 3 rings (SSSR count). The lowest BCUT2D eigenvalue weighted by Gasteiger charge is -2.24. The number of benzene rings is 1. The summed E-state index contributed by atoms with van der Waals surface area (Å²) in [4.78, 5) is 14.5. The number of likely N-dealkylation sites (tertiary alicyclic amines) is 1. The molecule has 1 fully saturated rings. The molecule has 0 bridgehead atoms. The van der Waals surface area contributed by atoms with Crippen LogP contribution >= 0.6 is 11.6 Å². The number of aryl methyl sites for hydroxylation is 1. The van der Waals surface area contributed by atoms with Gasteiger partial charge >= 0.3 is 0 Å². The van der Waals surface area contributed by atoms with Crippen molar-refractivity contribution in [1.29, 1.82) is 0 Å². The maximum Gasteiger partial charge on any atom is 0.254 e. The van der Waals surface area contributed by atoms with Gasteiger partial charge in [-0.15, -0.1) is 0 Å². The maximum absolute atomic E-state index is 12.6. The molecule has 1 aromatic carbocycles. The number of hydrogen-bond donors (Lipinski definition) is 1. The Morgan fingerprint density at radius 1 is 1.40 bits per heavy atom. The van der Waals surface area contributed by atoms with Crippen molar-refractivity contribution in [2.45, 2.75) is 25.8 Å². The van der Waals surface area contributed by atoms with E-state index in [1.165, 1.54) is 0 Å². The van der Waals surface area contributed by atoms with E-state index in [9.17, 15) is 4.79 Å². The number of halogens is 1. The molecule has 20 heavy (non-hydrogen) atoms. The van der Waals surface area contributed by atoms with E-state index >= 15 is 0 Å². The summed E-state index contributed by atoms with van der Waals surface area (Å²) in [6.45, 7) is 2.80. The van der Waals surface area contributed by atoms with Gasteiger partial charge in [0.05, 0.1) is 17.9 Å². The molecule has 0 unspecified atom stereocenters. The van der Waals surface area contributed by atoms with Crippen LogP contribution in [0.4, 0.5) is 0 Å². The van der Waals surface area contributed by atoms with E-state index in [-0.39, 0.29) is 11.9 Å². The molecule has 1 aromatic heterocycles. The van der Waals surface area contributed by atoms with Crippen molar-refractivity contribution in [3.05, 3.63) is 52.3 Å². The second-order valence-corrected chi connectivity index (χ2v) is 5.57. The average molecular weight is 290 g/mol. The zero-order valence-electron chi connectivity index (χ0n) is 11.3. The van der Waals surface area contributed by atoms with Crippen LogP contribution in [0.3, 0.4) is 0 Å². The van der Waals surface area contributed by atoms with Gasteiger partial charge in [0.2, 0.25) is 0 Å². The van der Waals surface area contributed by atoms with E-state index in [4.69, 9.17) is 11.6 Å². The SMILES string of the molecule is Cc1cn[nH]c1[C@H]1CCCN1C(=O)c1ccc(Cl)cc1. The van der Waals surface area contributed by atoms with Gasteiger partial charge < -0.3 is 4.90 Å². The minimum atomic E-state index is 0.0539. The van der Waals surface area contributed by atoms with Crippen molar-refractivity contribution in [2.75, 3.05) is 6.54 Å². The van der Waals surface area contributed by atoms with E-state index in [0.29, 0.717) is 10.6 Å². The molecule has 104 valence electrons. The van der Waals surface area contributed by atoms with Gasteiger partial charge in [-0.25, -0.2) is 0 Å². The molecule has 0 radical (unpaired) electrons. The standard InChI is InChI=1S/C15H16ClN3O/c1-10-9-17-18-14(10)13-3-2-8-19(13)15(20)11-4-6-12(16)7-5-11/h4-7,9,13H,2-3,8H2,1H3,(H,17,18)/t13-/m1/s1. The van der Waals surface area contributed by atoms with Crippen LogP contribution in [-0.4, -0.2) is 27.5 Å². The summed E-state index contributed by atoms with van der Waals surface area (Å²) in [5.74, 6) is 0.0539. The van der Waals surface area contributed by atoms with E-state index in [1.54, 1.807) is 30.5 Å². The van der Waals surface area contributed by atoms with Crippen molar-refractivity contribution >= 4 is 17.5 Å². The predicted octanol–water partition coefficient (Wildman–Crippen LogP) is 3.35. The number of hydrogen-bond acceptors (Lipinski definition) is 2. The molecular formula is C15H16ClN3O. The lowest BCUT2D eigenvalue weighted by molar-refractivity contribution is 0.0732. The lowest BCUT2D eigenvalue weighted by Crippen LogP contribution is -2.31. The zero-order chi connectivity index (χ0) is 14.1. The van der Waals surface area contributed by atoms with Crippen LogP contribution < -0.4 is 0 Å². The molecule has 0 aliphatic carbocycles. The van der Waals surface area contributed by atoms with Crippen LogP contribution in [0.25, 0.3) is 0 Å². The van der Waals surface area contributed by atoms with Crippen molar-refractivity contribution in [3.63, 3.8) is 0 Å². The Labute approximate surface area is 122 Å². The Bertz CT molecular complexity index is 620. The topological polar surface area (TPSA) is 49.0 Å². The summed E-state index contributed by atoms with van der Waals surface area (Å²) in [6.07, 6.45) is 3.80. The summed E-state index contributed by atoms with van der Waals surface area (Å²) in [7, 11) is 0. The second kappa shape index (κ2) is 5.29. The molecule has 4 nitrogen and oxygen atoms in total. The molecule has 1 atom stereocenters. The highest BCUT2D eigenvalue weighted by atomic mass is 35.5. The van der Waals surface area contributed by atoms with Crippen LogP contribution in [0.15, 0.2) is 30.5 Å². The molecule has 1 aliphatic rings. The van der Waals surface area contributed by atoms with Crippen molar-refractivity contribution in [2.24, 2.45) is 0 Å². The molecule has 1 aliphatic heterocycles. The fraction of sp³-hybridized carbons (Fsp3) is 0.333. The zero-order valence-corrected chi connectivity index (χ0v) is 12.0. The predicted molar refractivity (Wildman–Crippen MR) is 77.8 cm³/mol. The number of carbonyl (C=O) groups excluding carboxylic acids is 1. The van der Waals surface area contributed by atoms with E-state index in [1.807, 2.05) is 11.8 Å². The van der Waals surface area contributed by atoms with E-state index in [0.717, 1.165) is 30.6 Å². The number of aromatic nitrogens is 2. The molecule has 2 heterocycles. The Morgan fingerprint density at radius 3 is 2.80 bits per heavy atom. The monoisotopic (exact) mass is 289 g/mol. The molecule has 5 heteroatoms. The smallest absolute Gasteiger partial charge is 0.254 e. The van der Waals surface area contributed by atoms with Gasteiger partial charge in [0, 0.05) is 17.1 Å². The van der Waals surface area contributed by atoms with Crippen LogP contribution in [0.5, 0.6) is 0 Å². The fourth-order valence-electron chi connectivity index (χ4n) is 2.76. The Kier molecular flexibility index (Phi) is 3.49. The summed E-state index contributed by atoms with van der Waals surface area (Å²) >= 11 is 5.87. The third kappa shape index (κ3) is 2.31. The number of rotatable bonds is 2. The first-order valence-corrected chi connectivity index (χ1v) is 7.11. The molecule has 1 saturated heterocycles. The highest BCUT2D eigenvalue weighted by Gasteiger charge is 2.32. The molecule has 1 N–H and O–H groups in total. The highest BCUT2D eigenvalue weighted by molar-refractivity contribution is 6.30. The number of nitrogens with zero attached hydrogens (tertiary/aromatic N) is 2. The number of carbonyl (C=O) groups is 1. The molecule has 1 amide bonds. The Hall–Kier alpha value is -1.81. The summed E-state index contributed by atoms with van der Waals surface area (Å²) < 4.78 is 0. The van der Waals surface area contributed by atoms with Crippen LogP contribution in [0.1, 0.15) is 40.5 Å². The van der Waals surface area contributed by atoms with Gasteiger partial charge in [-0.1, -0.05) is 11.6 Å². The first kappa shape index (κ1) is 13.2. The van der Waals surface area contributed by atoms with Crippen molar-refractivity contribution in [3.8, 4) is 0 Å². The van der Waals surface area contributed by atoms with Gasteiger partial charge in [-0.2, -0.15) is 5.10 Å². The normalized spacial score (nSPS) is 18.5. The van der Waals surface area contributed by atoms with Gasteiger partial charge in [-0.05, 0) is 49.6 Å². The van der Waals surface area contributed by atoms with Gasteiger partial charge in [0.1, 0.15) is 0 Å². The number of H-pyrrole nitrogens is 1. The van der Waals surface area contributed by atoms with E-state index < -0.39 is 0 Å². The third-order valence-electron chi connectivity index (χ3n) is 3.81. The second-order valence-electron chi connectivity index (χ2n) is 5.13. The molecular weight excluding hydrogens is 274 g/mol. The molecule has 2 aromatic rings. The van der Waals surface area contributed by atoms with Gasteiger partial charge in [-0.3, -0.25) is 9.89 Å². The van der Waals surface area contributed by atoms with Crippen LogP contribution in [-0.2, 0) is 0 Å². The highest BCUT2D eigenvalue weighted by Crippen LogP contribution is 2.33. The first-order chi connectivity index (χ1) is 9.66. The average Bonchev–Trinajstić information content (AvgIpc) is 3.07. The minimum Gasteiger partial charge on any atom is -0.330 e. The number of aromatic amines is 1. The first-order valence-electron chi connectivity index (χ1n) is 6.73. The van der Waals surface area contributed by atoms with Crippen molar-refractivity contribution in [1.82, 2.24) is 15.1 Å². The summed E-state index contributed by atoms with van der Waals surface area (Å²) in [5, 5.41) is 7.73. The summed E-state index contributed by atoms with van der Waals surface area (Å²) in [5.41, 5.74) is 2.83. The van der Waals surface area contributed by atoms with Gasteiger partial charge in [0.25, 0.3) is 5.91 Å². The number of amides is 1. The Balaban J connectivity index is 1.87.